The first-order valence-corrected chi connectivity index (χ1v) is 13.3. The highest BCUT2D eigenvalue weighted by Crippen LogP contribution is 2.43. The highest BCUT2D eigenvalue weighted by Gasteiger charge is 2.37. The van der Waals surface area contributed by atoms with Crippen LogP contribution >= 0.6 is 23.2 Å². The van der Waals surface area contributed by atoms with E-state index in [-0.39, 0.29) is 17.6 Å². The second-order valence-electron chi connectivity index (χ2n) is 10.8. The molecule has 1 atom stereocenters. The molecule has 0 saturated carbocycles. The van der Waals surface area contributed by atoms with Crippen LogP contribution in [0, 0.1) is 0 Å². The number of hydrogen-bond acceptors (Lipinski definition) is 3. The number of ether oxygens (including phenoxy) is 1. The van der Waals surface area contributed by atoms with Crippen LogP contribution in [0.4, 0.5) is 4.79 Å². The fraction of sp³-hybridized carbons (Fsp3) is 0.483. The van der Waals surface area contributed by atoms with Crippen LogP contribution in [0.1, 0.15) is 69.2 Å². The van der Waals surface area contributed by atoms with Gasteiger partial charge >= 0.3 is 6.09 Å². The first-order chi connectivity index (χ1) is 16.6. The van der Waals surface area contributed by atoms with Crippen LogP contribution < -0.4 is 0 Å². The molecule has 1 saturated heterocycles. The Morgan fingerprint density at radius 3 is 2.51 bits per heavy atom. The van der Waals surface area contributed by atoms with E-state index in [1.807, 2.05) is 32.9 Å². The molecule has 1 aliphatic heterocycles. The lowest BCUT2D eigenvalue weighted by molar-refractivity contribution is 0.0207. The molecule has 1 aliphatic carbocycles. The number of rotatable bonds is 6. The molecule has 1 fully saturated rings. The molecule has 188 valence electrons. The minimum Gasteiger partial charge on any atom is -0.444 e. The Bertz CT molecular complexity index is 1080. The van der Waals surface area contributed by atoms with Crippen molar-refractivity contribution >= 4 is 35.4 Å². The van der Waals surface area contributed by atoms with Crippen LogP contribution in [-0.4, -0.2) is 48.2 Å². The predicted molar refractivity (Wildman–Crippen MR) is 145 cm³/mol. The van der Waals surface area contributed by atoms with Crippen LogP contribution in [0.15, 0.2) is 48.5 Å². The van der Waals surface area contributed by atoms with Gasteiger partial charge < -0.3 is 14.5 Å². The molecule has 35 heavy (non-hydrogen) atoms. The maximum Gasteiger partial charge on any atom is 0.410 e. The third-order valence-electron chi connectivity index (χ3n) is 7.26. The van der Waals surface area contributed by atoms with Gasteiger partial charge in [0, 0.05) is 12.5 Å². The number of halogens is 2. The quantitative estimate of drug-likeness (QED) is 0.395. The molecular weight excluding hydrogens is 479 g/mol. The fourth-order valence-corrected chi connectivity index (χ4v) is 5.63. The molecule has 6 heteroatoms. The molecule has 0 bridgehead atoms. The maximum atomic E-state index is 12.9. The van der Waals surface area contributed by atoms with Crippen molar-refractivity contribution in [2.24, 2.45) is 0 Å². The van der Waals surface area contributed by atoms with Gasteiger partial charge in [-0.05, 0) is 94.9 Å². The molecule has 2 aliphatic rings. The average Bonchev–Trinajstić information content (AvgIpc) is 3.17. The van der Waals surface area contributed by atoms with Crippen LogP contribution in [0.5, 0.6) is 0 Å². The summed E-state index contributed by atoms with van der Waals surface area (Å²) in [5.74, 6) is 0. The van der Waals surface area contributed by atoms with E-state index >= 15 is 0 Å². The van der Waals surface area contributed by atoms with E-state index in [1.165, 1.54) is 11.1 Å². The van der Waals surface area contributed by atoms with Crippen LogP contribution in [0.25, 0.3) is 6.08 Å². The van der Waals surface area contributed by atoms with Gasteiger partial charge in [-0.1, -0.05) is 65.7 Å². The van der Waals surface area contributed by atoms with Gasteiger partial charge in [-0.15, -0.1) is 0 Å². The van der Waals surface area contributed by atoms with Gasteiger partial charge in [-0.2, -0.15) is 0 Å². The van der Waals surface area contributed by atoms with E-state index in [9.17, 15) is 4.79 Å². The molecule has 0 radical (unpaired) electrons. The van der Waals surface area contributed by atoms with Gasteiger partial charge in [0.15, 0.2) is 0 Å². The lowest BCUT2D eigenvalue weighted by Gasteiger charge is -2.39. The second-order valence-corrected chi connectivity index (χ2v) is 11.7. The number of hydrogen-bond donors (Lipinski definition) is 0. The van der Waals surface area contributed by atoms with E-state index in [0.717, 1.165) is 50.9 Å². The summed E-state index contributed by atoms with van der Waals surface area (Å²) in [5, 5.41) is 1.01. The van der Waals surface area contributed by atoms with E-state index in [2.05, 4.69) is 41.3 Å². The van der Waals surface area contributed by atoms with Crippen molar-refractivity contribution in [3.8, 4) is 0 Å². The second kappa shape index (κ2) is 10.5. The summed E-state index contributed by atoms with van der Waals surface area (Å²) in [6, 6.07) is 14.3. The zero-order valence-electron chi connectivity index (χ0n) is 21.2. The zero-order valence-corrected chi connectivity index (χ0v) is 22.7. The lowest BCUT2D eigenvalue weighted by Crippen LogP contribution is -2.41. The number of carbonyl (C=O) groups is 1. The summed E-state index contributed by atoms with van der Waals surface area (Å²) in [7, 11) is 1.80. The number of piperidine rings is 1. The monoisotopic (exact) mass is 514 g/mol. The summed E-state index contributed by atoms with van der Waals surface area (Å²) in [6.45, 7) is 8.81. The van der Waals surface area contributed by atoms with Gasteiger partial charge in [-0.3, -0.25) is 0 Å². The predicted octanol–water partition coefficient (Wildman–Crippen LogP) is 7.74. The molecule has 0 unspecified atom stereocenters. The Balaban J connectivity index is 1.38. The molecule has 0 aromatic heterocycles. The molecule has 1 spiro atoms. The molecule has 2 aromatic rings. The van der Waals surface area contributed by atoms with Crippen molar-refractivity contribution in [2.75, 3.05) is 26.7 Å². The number of amides is 1. The highest BCUT2D eigenvalue weighted by molar-refractivity contribution is 6.42. The maximum absolute atomic E-state index is 12.9. The van der Waals surface area contributed by atoms with E-state index < -0.39 is 5.60 Å². The van der Waals surface area contributed by atoms with Crippen molar-refractivity contribution in [1.29, 1.82) is 0 Å². The number of fused-ring (bicyclic) bond motifs is 2. The summed E-state index contributed by atoms with van der Waals surface area (Å²) in [5.41, 5.74) is 3.48. The van der Waals surface area contributed by atoms with Crippen LogP contribution in [0.2, 0.25) is 10.0 Å². The number of allylic oxidation sites excluding steroid dienone is 1. The summed E-state index contributed by atoms with van der Waals surface area (Å²) in [6.07, 6.45) is 8.46. The number of nitrogens with zero attached hydrogens (tertiary/aromatic N) is 2. The van der Waals surface area contributed by atoms with Gasteiger partial charge in [0.2, 0.25) is 0 Å². The number of carbonyl (C=O) groups excluding carboxylic acids is 1. The third-order valence-corrected chi connectivity index (χ3v) is 8.00. The fourth-order valence-electron chi connectivity index (χ4n) is 5.32. The van der Waals surface area contributed by atoms with Crippen molar-refractivity contribution in [3.05, 3.63) is 75.3 Å². The molecule has 4 nitrogen and oxygen atoms in total. The van der Waals surface area contributed by atoms with E-state index in [0.29, 0.717) is 10.0 Å². The smallest absolute Gasteiger partial charge is 0.410 e. The molecule has 1 amide bonds. The summed E-state index contributed by atoms with van der Waals surface area (Å²) < 4.78 is 5.65. The van der Waals surface area contributed by atoms with Crippen molar-refractivity contribution < 1.29 is 9.53 Å². The number of likely N-dealkylation sites (tertiary alicyclic amines) is 1. The molecule has 1 heterocycles. The van der Waals surface area contributed by atoms with Crippen LogP contribution in [0.3, 0.4) is 0 Å². The van der Waals surface area contributed by atoms with Crippen molar-refractivity contribution in [2.45, 2.75) is 63.5 Å². The standard InChI is InChI=1S/C29H36Cl2N2O2/c1-28(2,3)35-27(34)32(4)26(22-11-12-24(30)25(31)20-22)10-7-17-33-18-15-29(16-19-33)14-13-21-8-5-6-9-23(21)29/h5-6,8-9,11-14,20,26H,7,10,15-19H2,1-4H3/t26-/m0/s1. The molecular formula is C29H36Cl2N2O2. The normalized spacial score (nSPS) is 17.9. The zero-order chi connectivity index (χ0) is 25.2. The Morgan fingerprint density at radius 1 is 1.11 bits per heavy atom. The molecule has 4 rings (SSSR count). The molecule has 0 N–H and O–H groups in total. The Labute approximate surface area is 219 Å². The minimum absolute atomic E-state index is 0.139. The van der Waals surface area contributed by atoms with Crippen molar-refractivity contribution in [3.63, 3.8) is 0 Å². The highest BCUT2D eigenvalue weighted by atomic mass is 35.5. The number of benzene rings is 2. The van der Waals surface area contributed by atoms with Gasteiger partial charge in [0.05, 0.1) is 16.1 Å². The summed E-state index contributed by atoms with van der Waals surface area (Å²) >= 11 is 12.5. The minimum atomic E-state index is -0.551. The average molecular weight is 516 g/mol. The molecule has 2 aromatic carbocycles. The lowest BCUT2D eigenvalue weighted by atomic mass is 9.74. The van der Waals surface area contributed by atoms with Gasteiger partial charge in [0.25, 0.3) is 0 Å². The van der Waals surface area contributed by atoms with Crippen LogP contribution in [-0.2, 0) is 10.2 Å². The summed E-state index contributed by atoms with van der Waals surface area (Å²) in [4.78, 5) is 17.1. The third kappa shape index (κ3) is 6.04. The van der Waals surface area contributed by atoms with E-state index in [1.54, 1.807) is 18.0 Å². The Kier molecular flexibility index (Phi) is 7.85. The first kappa shape index (κ1) is 26.1. The topological polar surface area (TPSA) is 32.8 Å². The Hall–Kier alpha value is -2.01. The van der Waals surface area contributed by atoms with Gasteiger partial charge in [0.1, 0.15) is 5.60 Å². The largest absolute Gasteiger partial charge is 0.444 e. The SMILES string of the molecule is CN(C(=O)OC(C)(C)C)[C@@H](CCCN1CCC2(C=Cc3ccccc32)CC1)c1ccc(Cl)c(Cl)c1. The Morgan fingerprint density at radius 2 is 1.83 bits per heavy atom. The first-order valence-electron chi connectivity index (χ1n) is 12.5. The van der Waals surface area contributed by atoms with E-state index in [4.69, 9.17) is 27.9 Å². The van der Waals surface area contributed by atoms with Crippen molar-refractivity contribution in [1.82, 2.24) is 9.80 Å². The van der Waals surface area contributed by atoms with Gasteiger partial charge in [-0.25, -0.2) is 4.79 Å².